The van der Waals surface area contributed by atoms with Gasteiger partial charge in [0.2, 0.25) is 0 Å². The zero-order valence-corrected chi connectivity index (χ0v) is 6.95. The largest absolute Gasteiger partial charge is 0.396 e. The summed E-state index contributed by atoms with van der Waals surface area (Å²) in [7, 11) is 0. The van der Waals surface area contributed by atoms with Crippen molar-refractivity contribution in [3.05, 3.63) is 24.8 Å². The first-order valence-corrected chi connectivity index (χ1v) is 3.68. The summed E-state index contributed by atoms with van der Waals surface area (Å²) in [6, 6.07) is 0. The topological polar surface area (TPSA) is 40.5 Å². The van der Waals surface area contributed by atoms with Gasteiger partial charge in [0.15, 0.2) is 0 Å². The van der Waals surface area contributed by atoms with E-state index in [0.29, 0.717) is 6.42 Å². The van der Waals surface area contributed by atoms with Gasteiger partial charge in [0, 0.05) is 5.92 Å². The van der Waals surface area contributed by atoms with Crippen molar-refractivity contribution in [2.45, 2.75) is 19.4 Å². The Kier molecular flexibility index (Phi) is 4.83. The molecule has 2 nitrogen and oxygen atoms in total. The molecule has 64 valence electrons. The minimum absolute atomic E-state index is 0.0513. The Hall–Kier alpha value is -0.600. The molecule has 0 aliphatic carbocycles. The van der Waals surface area contributed by atoms with Gasteiger partial charge in [-0.05, 0) is 13.3 Å². The zero-order valence-electron chi connectivity index (χ0n) is 6.95. The molecule has 2 atom stereocenters. The Morgan fingerprint density at radius 1 is 1.64 bits per heavy atom. The zero-order chi connectivity index (χ0) is 8.85. The van der Waals surface area contributed by atoms with Crippen LogP contribution in [0.5, 0.6) is 0 Å². The smallest absolute Gasteiger partial charge is 0.0661 e. The lowest BCUT2D eigenvalue weighted by molar-refractivity contribution is 0.0886. The highest BCUT2D eigenvalue weighted by Crippen LogP contribution is 2.15. The van der Waals surface area contributed by atoms with E-state index < -0.39 is 6.10 Å². The molecule has 0 saturated heterocycles. The van der Waals surface area contributed by atoms with E-state index in [1.165, 1.54) is 0 Å². The molecule has 11 heavy (non-hydrogen) atoms. The highest BCUT2D eigenvalue weighted by molar-refractivity contribution is 5.00. The fraction of sp³-hybridized carbons (Fsp3) is 0.556. The van der Waals surface area contributed by atoms with Crippen LogP contribution < -0.4 is 0 Å². The van der Waals surface area contributed by atoms with E-state index in [4.69, 9.17) is 5.11 Å². The van der Waals surface area contributed by atoms with E-state index >= 15 is 0 Å². The van der Waals surface area contributed by atoms with E-state index in [1.807, 2.05) is 0 Å². The maximum atomic E-state index is 9.39. The van der Waals surface area contributed by atoms with Gasteiger partial charge in [-0.3, -0.25) is 0 Å². The number of aliphatic hydroxyl groups excluding tert-OH is 2. The van der Waals surface area contributed by atoms with Crippen LogP contribution in [0.25, 0.3) is 0 Å². The molecule has 0 radical (unpaired) electrons. The Morgan fingerprint density at radius 3 is 2.45 bits per heavy atom. The van der Waals surface area contributed by atoms with Crippen molar-refractivity contribution in [1.29, 1.82) is 0 Å². The maximum Gasteiger partial charge on any atom is 0.0661 e. The van der Waals surface area contributed by atoms with Gasteiger partial charge in [0.1, 0.15) is 0 Å². The lowest BCUT2D eigenvalue weighted by atomic mass is 9.94. The van der Waals surface area contributed by atoms with Crippen LogP contribution in [-0.2, 0) is 0 Å². The van der Waals surface area contributed by atoms with E-state index in [2.05, 4.69) is 13.2 Å². The van der Waals surface area contributed by atoms with E-state index in [9.17, 15) is 5.11 Å². The third kappa shape index (κ3) is 3.35. The molecular formula is C9H16O2. The van der Waals surface area contributed by atoms with Gasteiger partial charge in [0.25, 0.3) is 0 Å². The van der Waals surface area contributed by atoms with Crippen molar-refractivity contribution in [3.8, 4) is 0 Å². The summed E-state index contributed by atoms with van der Waals surface area (Å²) in [5, 5.41) is 18.2. The van der Waals surface area contributed by atoms with Gasteiger partial charge in [-0.15, -0.1) is 6.58 Å². The first kappa shape index (κ1) is 10.4. The molecule has 0 heterocycles. The van der Waals surface area contributed by atoms with Crippen LogP contribution in [0.3, 0.4) is 0 Å². The average Bonchev–Trinajstić information content (AvgIpc) is 1.88. The minimum Gasteiger partial charge on any atom is -0.396 e. The van der Waals surface area contributed by atoms with Crippen LogP contribution in [0.4, 0.5) is 0 Å². The van der Waals surface area contributed by atoms with Gasteiger partial charge in [0.05, 0.1) is 12.7 Å². The Labute approximate surface area is 67.9 Å². The first-order chi connectivity index (χ1) is 5.13. The van der Waals surface area contributed by atoms with Crippen molar-refractivity contribution in [1.82, 2.24) is 0 Å². The molecule has 0 bridgehead atoms. The van der Waals surface area contributed by atoms with Crippen LogP contribution in [-0.4, -0.2) is 22.9 Å². The number of aliphatic hydroxyl groups is 2. The molecule has 0 aromatic rings. The van der Waals surface area contributed by atoms with Gasteiger partial charge >= 0.3 is 0 Å². The molecule has 2 heteroatoms. The second kappa shape index (κ2) is 5.10. The van der Waals surface area contributed by atoms with Gasteiger partial charge in [-0.1, -0.05) is 18.2 Å². The van der Waals surface area contributed by atoms with E-state index in [1.54, 1.807) is 13.0 Å². The van der Waals surface area contributed by atoms with Gasteiger partial charge in [-0.2, -0.15) is 0 Å². The van der Waals surface area contributed by atoms with E-state index in [0.717, 1.165) is 5.57 Å². The van der Waals surface area contributed by atoms with Crippen molar-refractivity contribution >= 4 is 0 Å². The molecule has 0 saturated carbocycles. The molecule has 0 spiro atoms. The molecule has 0 aromatic heterocycles. The van der Waals surface area contributed by atoms with Crippen LogP contribution in [0.1, 0.15) is 13.3 Å². The number of hydrogen-bond donors (Lipinski definition) is 2. The average molecular weight is 156 g/mol. The first-order valence-electron chi connectivity index (χ1n) is 3.68. The molecular weight excluding hydrogens is 140 g/mol. The van der Waals surface area contributed by atoms with E-state index in [-0.39, 0.29) is 12.5 Å². The predicted octanol–water partition coefficient (Wildman–Crippen LogP) is 1.11. The molecule has 0 aliphatic heterocycles. The quantitative estimate of drug-likeness (QED) is 0.585. The van der Waals surface area contributed by atoms with Crippen molar-refractivity contribution in [3.63, 3.8) is 0 Å². The summed E-state index contributed by atoms with van der Waals surface area (Å²) >= 11 is 0. The summed E-state index contributed by atoms with van der Waals surface area (Å²) in [6.07, 6.45) is 1.59. The minimum atomic E-state index is -0.546. The van der Waals surface area contributed by atoms with Gasteiger partial charge in [-0.25, -0.2) is 0 Å². The highest BCUT2D eigenvalue weighted by Gasteiger charge is 2.16. The van der Waals surface area contributed by atoms with Crippen LogP contribution in [0.2, 0.25) is 0 Å². The lowest BCUT2D eigenvalue weighted by Gasteiger charge is -2.19. The summed E-state index contributed by atoms with van der Waals surface area (Å²) in [4.78, 5) is 0. The van der Waals surface area contributed by atoms with Crippen LogP contribution in [0, 0.1) is 5.92 Å². The van der Waals surface area contributed by atoms with Crippen LogP contribution in [0.15, 0.2) is 24.8 Å². The second-order valence-electron chi connectivity index (χ2n) is 2.73. The summed E-state index contributed by atoms with van der Waals surface area (Å²) in [5.74, 6) is -0.215. The Morgan fingerprint density at radius 2 is 2.18 bits per heavy atom. The maximum absolute atomic E-state index is 9.39. The molecule has 0 rings (SSSR count). The van der Waals surface area contributed by atoms with Crippen molar-refractivity contribution < 1.29 is 10.2 Å². The normalized spacial score (nSPS) is 15.5. The van der Waals surface area contributed by atoms with Crippen molar-refractivity contribution in [2.75, 3.05) is 6.61 Å². The fourth-order valence-electron chi connectivity index (χ4n) is 0.941. The molecule has 0 amide bonds. The SMILES string of the molecule is C=CCC(O)C(CO)C(=C)C. The molecule has 0 aromatic carbocycles. The molecule has 2 N–H and O–H groups in total. The third-order valence-corrected chi connectivity index (χ3v) is 1.70. The molecule has 0 fully saturated rings. The molecule has 0 aliphatic rings. The summed E-state index contributed by atoms with van der Waals surface area (Å²) in [5.41, 5.74) is 0.807. The highest BCUT2D eigenvalue weighted by atomic mass is 16.3. The molecule has 2 unspecified atom stereocenters. The van der Waals surface area contributed by atoms with Crippen LogP contribution >= 0.6 is 0 Å². The third-order valence-electron chi connectivity index (χ3n) is 1.70. The lowest BCUT2D eigenvalue weighted by Crippen LogP contribution is -2.23. The summed E-state index contributed by atoms with van der Waals surface area (Å²) in [6.45, 7) is 8.93. The van der Waals surface area contributed by atoms with Crippen molar-refractivity contribution in [2.24, 2.45) is 5.92 Å². The second-order valence-corrected chi connectivity index (χ2v) is 2.73. The fourth-order valence-corrected chi connectivity index (χ4v) is 0.941. The van der Waals surface area contributed by atoms with Gasteiger partial charge < -0.3 is 10.2 Å². The number of hydrogen-bond acceptors (Lipinski definition) is 2. The monoisotopic (exact) mass is 156 g/mol. The predicted molar refractivity (Wildman–Crippen MR) is 46.2 cm³/mol. The Bertz CT molecular complexity index is 140. The summed E-state index contributed by atoms with van der Waals surface area (Å²) < 4.78 is 0. The Balaban J connectivity index is 4.01. The standard InChI is InChI=1S/C9H16O2/c1-4-5-9(11)8(6-10)7(2)3/h4,8-11H,1-2,5-6H2,3H3. The number of rotatable bonds is 5.